The summed E-state index contributed by atoms with van der Waals surface area (Å²) in [6.45, 7) is 2.29. The molecule has 0 radical (unpaired) electrons. The van der Waals surface area contributed by atoms with E-state index in [9.17, 15) is 0 Å². The van der Waals surface area contributed by atoms with Gasteiger partial charge in [-0.25, -0.2) is 4.98 Å². The van der Waals surface area contributed by atoms with Gasteiger partial charge in [-0.1, -0.05) is 6.42 Å². The van der Waals surface area contributed by atoms with Gasteiger partial charge in [0.1, 0.15) is 5.82 Å². The number of nitrogens with one attached hydrogen (secondary N) is 1. The van der Waals surface area contributed by atoms with Crippen LogP contribution in [-0.4, -0.2) is 36.8 Å². The fourth-order valence-electron chi connectivity index (χ4n) is 2.13. The number of rotatable bonds is 5. The quantitative estimate of drug-likeness (QED) is 0.762. The molecule has 0 aliphatic carbocycles. The van der Waals surface area contributed by atoms with Gasteiger partial charge in [0.05, 0.1) is 5.69 Å². The van der Waals surface area contributed by atoms with Crippen LogP contribution in [0.5, 0.6) is 0 Å². The number of likely N-dealkylation sites (N-methyl/N-ethyl adjacent to an activating group) is 1. The molecule has 0 saturated carbocycles. The average Bonchev–Trinajstić information content (AvgIpc) is 2.35. The Balaban J connectivity index is 1.96. The fraction of sp³-hybridized carbons (Fsp3) is 0.615. The van der Waals surface area contributed by atoms with E-state index in [2.05, 4.69) is 34.4 Å². The third-order valence-electron chi connectivity index (χ3n) is 3.17. The van der Waals surface area contributed by atoms with E-state index in [1.807, 2.05) is 0 Å². The van der Waals surface area contributed by atoms with Gasteiger partial charge in [-0.15, -0.1) is 0 Å². The Labute approximate surface area is 103 Å². The number of aryl methyl sites for hydroxylation is 1. The minimum atomic E-state index is 0.296. The Morgan fingerprint density at radius 1 is 1.35 bits per heavy atom. The highest BCUT2D eigenvalue weighted by Crippen LogP contribution is 2.26. The fourth-order valence-corrected chi connectivity index (χ4v) is 2.13. The Morgan fingerprint density at radius 2 is 2.24 bits per heavy atom. The molecule has 0 aromatic carbocycles. The second-order valence-electron chi connectivity index (χ2n) is 4.55. The lowest BCUT2D eigenvalue weighted by Crippen LogP contribution is -2.31. The summed E-state index contributed by atoms with van der Waals surface area (Å²) in [5.74, 6) is 1.01. The van der Waals surface area contributed by atoms with Crippen molar-refractivity contribution in [1.29, 1.82) is 0 Å². The lowest BCUT2D eigenvalue weighted by atomic mass is 10.1. The summed E-state index contributed by atoms with van der Waals surface area (Å²) in [7, 11) is 2.10. The Bertz CT molecular complexity index is 368. The maximum atomic E-state index is 8.72. The molecular formula is C13H21N3O. The monoisotopic (exact) mass is 235 g/mol. The highest BCUT2D eigenvalue weighted by atomic mass is 16.2. The van der Waals surface area contributed by atoms with Crippen molar-refractivity contribution in [2.24, 2.45) is 0 Å². The molecule has 4 heteroatoms. The van der Waals surface area contributed by atoms with E-state index in [1.165, 1.54) is 5.69 Å². The van der Waals surface area contributed by atoms with Crippen molar-refractivity contribution in [2.45, 2.75) is 25.7 Å². The second kappa shape index (κ2) is 5.87. The molecule has 0 amide bonds. The zero-order valence-electron chi connectivity index (χ0n) is 10.4. The summed E-state index contributed by atoms with van der Waals surface area (Å²) in [5.41, 5.74) is 2.33. The first-order chi connectivity index (χ1) is 8.31. The van der Waals surface area contributed by atoms with Gasteiger partial charge in [-0.05, 0) is 31.4 Å². The highest BCUT2D eigenvalue weighted by molar-refractivity contribution is 5.67. The smallest absolute Gasteiger partial charge is 0.149 e. The maximum absolute atomic E-state index is 8.72. The first-order valence-corrected chi connectivity index (χ1v) is 6.37. The van der Waals surface area contributed by atoms with Gasteiger partial charge in [0.2, 0.25) is 0 Å². The van der Waals surface area contributed by atoms with Crippen LogP contribution in [-0.2, 0) is 6.42 Å². The van der Waals surface area contributed by atoms with Crippen LogP contribution in [0.1, 0.15) is 25.0 Å². The largest absolute Gasteiger partial charge is 0.396 e. The summed E-state index contributed by atoms with van der Waals surface area (Å²) in [6.07, 6.45) is 4.06. The summed E-state index contributed by atoms with van der Waals surface area (Å²) in [6, 6.07) is 4.26. The molecule has 17 heavy (non-hydrogen) atoms. The number of anilines is 2. The van der Waals surface area contributed by atoms with Crippen LogP contribution in [0.25, 0.3) is 0 Å². The van der Waals surface area contributed by atoms with E-state index in [4.69, 9.17) is 5.11 Å². The van der Waals surface area contributed by atoms with Crippen LogP contribution in [0.4, 0.5) is 11.5 Å². The molecular weight excluding hydrogens is 214 g/mol. The minimum Gasteiger partial charge on any atom is -0.396 e. The molecule has 2 rings (SSSR count). The molecule has 2 heterocycles. The molecule has 0 saturated heterocycles. The molecule has 0 fully saturated rings. The van der Waals surface area contributed by atoms with E-state index in [0.717, 1.165) is 50.3 Å². The number of unbranched alkanes of at least 4 members (excludes halogenated alkanes) is 2. The van der Waals surface area contributed by atoms with E-state index in [-0.39, 0.29) is 0 Å². The molecule has 0 bridgehead atoms. The molecule has 1 aliphatic heterocycles. The molecule has 1 aromatic rings. The van der Waals surface area contributed by atoms with Gasteiger partial charge < -0.3 is 15.3 Å². The lowest BCUT2D eigenvalue weighted by Gasteiger charge is -2.27. The minimum absolute atomic E-state index is 0.296. The van der Waals surface area contributed by atoms with Gasteiger partial charge in [0.15, 0.2) is 0 Å². The van der Waals surface area contributed by atoms with Gasteiger partial charge in [0, 0.05) is 32.4 Å². The Morgan fingerprint density at radius 3 is 3.06 bits per heavy atom. The van der Waals surface area contributed by atoms with Gasteiger partial charge in [-0.2, -0.15) is 0 Å². The van der Waals surface area contributed by atoms with Gasteiger partial charge in [-0.3, -0.25) is 0 Å². The van der Waals surface area contributed by atoms with Crippen molar-refractivity contribution in [1.82, 2.24) is 4.98 Å². The standard InChI is InChI=1S/C13H21N3O/c1-16-9-8-14-13-12(16)7-6-11(15-13)5-3-2-4-10-17/h6-7,17H,2-5,8-10H2,1H3,(H,14,15). The highest BCUT2D eigenvalue weighted by Gasteiger charge is 2.14. The van der Waals surface area contributed by atoms with E-state index >= 15 is 0 Å². The van der Waals surface area contributed by atoms with Crippen LogP contribution < -0.4 is 10.2 Å². The number of hydrogen-bond donors (Lipinski definition) is 2. The first-order valence-electron chi connectivity index (χ1n) is 6.37. The van der Waals surface area contributed by atoms with Gasteiger partial charge in [0.25, 0.3) is 0 Å². The third kappa shape index (κ3) is 3.09. The van der Waals surface area contributed by atoms with Crippen LogP contribution in [0.15, 0.2) is 12.1 Å². The number of hydrogen-bond acceptors (Lipinski definition) is 4. The molecule has 4 nitrogen and oxygen atoms in total. The maximum Gasteiger partial charge on any atom is 0.149 e. The van der Waals surface area contributed by atoms with E-state index in [0.29, 0.717) is 6.61 Å². The predicted octanol–water partition coefficient (Wildman–Crippen LogP) is 1.65. The van der Waals surface area contributed by atoms with E-state index in [1.54, 1.807) is 0 Å². The number of nitrogens with zero attached hydrogens (tertiary/aromatic N) is 2. The average molecular weight is 235 g/mol. The molecule has 0 atom stereocenters. The summed E-state index contributed by atoms with van der Waals surface area (Å²) >= 11 is 0. The summed E-state index contributed by atoms with van der Waals surface area (Å²) in [5, 5.41) is 12.1. The zero-order valence-corrected chi connectivity index (χ0v) is 10.4. The number of aliphatic hydroxyl groups is 1. The van der Waals surface area contributed by atoms with Crippen LogP contribution in [0.3, 0.4) is 0 Å². The van der Waals surface area contributed by atoms with Crippen molar-refractivity contribution in [3.8, 4) is 0 Å². The molecule has 1 aromatic heterocycles. The predicted molar refractivity (Wildman–Crippen MR) is 70.6 cm³/mol. The van der Waals surface area contributed by atoms with Crippen molar-refractivity contribution >= 4 is 11.5 Å². The Kier molecular flexibility index (Phi) is 4.20. The summed E-state index contributed by atoms with van der Waals surface area (Å²) < 4.78 is 0. The molecule has 0 unspecified atom stereocenters. The SMILES string of the molecule is CN1CCNc2nc(CCCCCO)ccc21. The number of pyridine rings is 1. The van der Waals surface area contributed by atoms with Gasteiger partial charge >= 0.3 is 0 Å². The lowest BCUT2D eigenvalue weighted by molar-refractivity contribution is 0.283. The van der Waals surface area contributed by atoms with Crippen molar-refractivity contribution in [3.63, 3.8) is 0 Å². The number of fused-ring (bicyclic) bond motifs is 1. The number of aromatic nitrogens is 1. The van der Waals surface area contributed by atoms with Crippen LogP contribution >= 0.6 is 0 Å². The normalized spacial score (nSPS) is 14.4. The van der Waals surface area contributed by atoms with Crippen molar-refractivity contribution in [3.05, 3.63) is 17.8 Å². The first kappa shape index (κ1) is 12.2. The van der Waals surface area contributed by atoms with Crippen molar-refractivity contribution < 1.29 is 5.11 Å². The van der Waals surface area contributed by atoms with Crippen LogP contribution in [0.2, 0.25) is 0 Å². The Hall–Kier alpha value is -1.29. The van der Waals surface area contributed by atoms with E-state index < -0.39 is 0 Å². The second-order valence-corrected chi connectivity index (χ2v) is 4.55. The molecule has 1 aliphatic rings. The zero-order chi connectivity index (χ0) is 12.1. The summed E-state index contributed by atoms with van der Waals surface area (Å²) in [4.78, 5) is 6.88. The molecule has 94 valence electrons. The topological polar surface area (TPSA) is 48.4 Å². The molecule has 0 spiro atoms. The number of aliphatic hydroxyl groups excluding tert-OH is 1. The van der Waals surface area contributed by atoms with Crippen molar-refractivity contribution in [2.75, 3.05) is 37.0 Å². The third-order valence-corrected chi connectivity index (χ3v) is 3.17. The molecule has 2 N–H and O–H groups in total. The van der Waals surface area contributed by atoms with Crippen LogP contribution in [0, 0.1) is 0 Å².